The smallest absolute Gasteiger partial charge is 0.261 e. The van der Waals surface area contributed by atoms with Gasteiger partial charge >= 0.3 is 0 Å². The second kappa shape index (κ2) is 7.40. The lowest BCUT2D eigenvalue weighted by Gasteiger charge is -2.11. The molecule has 1 heterocycles. The van der Waals surface area contributed by atoms with Crippen LogP contribution in [0.25, 0.3) is 0 Å². The number of sulfonamides is 1. The molecule has 0 aliphatic heterocycles. The molecule has 0 atom stereocenters. The van der Waals surface area contributed by atoms with E-state index in [1.807, 2.05) is 24.3 Å². The van der Waals surface area contributed by atoms with Gasteiger partial charge in [-0.05, 0) is 66.8 Å². The van der Waals surface area contributed by atoms with Gasteiger partial charge in [0.15, 0.2) is 0 Å². The van der Waals surface area contributed by atoms with E-state index in [1.54, 1.807) is 42.6 Å². The molecule has 0 amide bonds. The van der Waals surface area contributed by atoms with Crippen LogP contribution in [0.5, 0.6) is 5.75 Å². The van der Waals surface area contributed by atoms with Crippen LogP contribution >= 0.6 is 0 Å². The molecule has 2 aromatic carbocycles. The van der Waals surface area contributed by atoms with Crippen molar-refractivity contribution in [3.63, 3.8) is 0 Å². The zero-order valence-corrected chi connectivity index (χ0v) is 15.6. The molecule has 3 aromatic rings. The number of nitrogens with one attached hydrogen (secondary N) is 1. The van der Waals surface area contributed by atoms with Gasteiger partial charge in [0.2, 0.25) is 0 Å². The summed E-state index contributed by atoms with van der Waals surface area (Å²) < 4.78 is 33.8. The highest BCUT2D eigenvalue weighted by molar-refractivity contribution is 7.92. The van der Waals surface area contributed by atoms with Gasteiger partial charge in [-0.15, -0.1) is 0 Å². The molecule has 1 aliphatic rings. The van der Waals surface area contributed by atoms with Crippen LogP contribution in [0.15, 0.2) is 71.8 Å². The third-order valence-corrected chi connectivity index (χ3v) is 5.96. The molecule has 4 rings (SSSR count). The van der Waals surface area contributed by atoms with Gasteiger partial charge < -0.3 is 4.74 Å². The van der Waals surface area contributed by atoms with Crippen LogP contribution in [0.3, 0.4) is 0 Å². The maximum Gasteiger partial charge on any atom is 0.261 e. The molecular weight excluding hydrogens is 360 g/mol. The summed E-state index contributed by atoms with van der Waals surface area (Å²) in [5.74, 6) is 0.579. The van der Waals surface area contributed by atoms with E-state index in [2.05, 4.69) is 9.71 Å². The van der Waals surface area contributed by atoms with Crippen LogP contribution in [0.2, 0.25) is 0 Å². The van der Waals surface area contributed by atoms with Gasteiger partial charge in [-0.3, -0.25) is 9.71 Å². The summed E-state index contributed by atoms with van der Waals surface area (Å²) in [5, 5.41) is 0. The zero-order chi connectivity index (χ0) is 18.7. The minimum atomic E-state index is -3.64. The molecule has 1 aliphatic carbocycles. The Kier molecular flexibility index (Phi) is 4.81. The summed E-state index contributed by atoms with van der Waals surface area (Å²) in [6.07, 6.45) is 4.76. The van der Waals surface area contributed by atoms with Crippen molar-refractivity contribution in [3.8, 4) is 5.75 Å². The van der Waals surface area contributed by atoms with E-state index < -0.39 is 10.0 Å². The topological polar surface area (TPSA) is 68.3 Å². The normalized spacial score (nSPS) is 13.2. The van der Waals surface area contributed by atoms with Gasteiger partial charge in [0.1, 0.15) is 12.4 Å². The minimum Gasteiger partial charge on any atom is -0.487 e. The quantitative estimate of drug-likeness (QED) is 0.703. The number of pyridine rings is 1. The van der Waals surface area contributed by atoms with Crippen molar-refractivity contribution in [2.45, 2.75) is 30.8 Å². The van der Waals surface area contributed by atoms with Crippen molar-refractivity contribution < 1.29 is 13.2 Å². The van der Waals surface area contributed by atoms with E-state index >= 15 is 0 Å². The highest BCUT2D eigenvalue weighted by Crippen LogP contribution is 2.26. The predicted octanol–water partition coefficient (Wildman–Crippen LogP) is 3.95. The average Bonchev–Trinajstić information content (AvgIpc) is 3.15. The van der Waals surface area contributed by atoms with Gasteiger partial charge in [0, 0.05) is 12.3 Å². The highest BCUT2D eigenvalue weighted by Gasteiger charge is 2.18. The first-order chi connectivity index (χ1) is 13.1. The van der Waals surface area contributed by atoms with Crippen molar-refractivity contribution in [3.05, 3.63) is 83.7 Å². The summed E-state index contributed by atoms with van der Waals surface area (Å²) in [7, 11) is -3.64. The molecule has 1 N–H and O–H groups in total. The number of ether oxygens (including phenoxy) is 1. The molecule has 0 spiro atoms. The van der Waals surface area contributed by atoms with Crippen molar-refractivity contribution in [1.29, 1.82) is 0 Å². The van der Waals surface area contributed by atoms with Crippen LogP contribution in [0, 0.1) is 0 Å². The van der Waals surface area contributed by atoms with Crippen LogP contribution in [0.4, 0.5) is 5.69 Å². The molecule has 0 saturated carbocycles. The molecule has 1 aromatic heterocycles. The summed E-state index contributed by atoms with van der Waals surface area (Å²) in [4.78, 5) is 4.50. The highest BCUT2D eigenvalue weighted by atomic mass is 32.2. The molecular formula is C21H20N2O3S. The third kappa shape index (κ3) is 4.11. The van der Waals surface area contributed by atoms with Gasteiger partial charge in [-0.25, -0.2) is 8.42 Å². The summed E-state index contributed by atoms with van der Waals surface area (Å²) in [6.45, 7) is 0.321. The van der Waals surface area contributed by atoms with Crippen molar-refractivity contribution in [2.24, 2.45) is 0 Å². The van der Waals surface area contributed by atoms with E-state index in [1.165, 1.54) is 5.56 Å². The molecule has 5 nitrogen and oxygen atoms in total. The number of anilines is 1. The van der Waals surface area contributed by atoms with E-state index in [0.29, 0.717) is 22.9 Å². The fourth-order valence-electron chi connectivity index (χ4n) is 3.22. The number of fused-ring (bicyclic) bond motifs is 1. The average molecular weight is 380 g/mol. The van der Waals surface area contributed by atoms with E-state index in [9.17, 15) is 8.42 Å². The van der Waals surface area contributed by atoms with E-state index in [4.69, 9.17) is 4.74 Å². The van der Waals surface area contributed by atoms with E-state index in [-0.39, 0.29) is 0 Å². The van der Waals surface area contributed by atoms with Crippen LogP contribution in [0.1, 0.15) is 23.2 Å². The first-order valence-corrected chi connectivity index (χ1v) is 10.4. The summed E-state index contributed by atoms with van der Waals surface area (Å²) in [6, 6.07) is 17.9. The fraction of sp³-hybridized carbons (Fsp3) is 0.190. The first kappa shape index (κ1) is 17.5. The first-order valence-electron chi connectivity index (χ1n) is 8.87. The van der Waals surface area contributed by atoms with Crippen molar-refractivity contribution in [2.75, 3.05) is 4.72 Å². The predicted molar refractivity (Wildman–Crippen MR) is 104 cm³/mol. The van der Waals surface area contributed by atoms with Crippen LogP contribution in [-0.4, -0.2) is 13.4 Å². The summed E-state index contributed by atoms with van der Waals surface area (Å²) >= 11 is 0. The van der Waals surface area contributed by atoms with Gasteiger partial charge in [0.05, 0.1) is 16.3 Å². The lowest BCUT2D eigenvalue weighted by Crippen LogP contribution is -2.13. The Labute approximate surface area is 159 Å². The monoisotopic (exact) mass is 380 g/mol. The molecule has 27 heavy (non-hydrogen) atoms. The maximum absolute atomic E-state index is 12.7. The van der Waals surface area contributed by atoms with Crippen LogP contribution < -0.4 is 9.46 Å². The Bertz CT molecular complexity index is 1050. The fourth-order valence-corrected chi connectivity index (χ4v) is 4.32. The Morgan fingerprint density at radius 2 is 1.85 bits per heavy atom. The number of hydrogen-bond donors (Lipinski definition) is 1. The lowest BCUT2D eigenvalue weighted by atomic mass is 10.1. The standard InChI is InChI=1S/C21H20N2O3S/c24-27(25,21-11-10-16-5-3-6-17(16)13-21)23-18-8-4-9-20(14-18)26-15-19-7-1-2-12-22-19/h1-2,4,7-14,23H,3,5-6,15H2. The minimum absolute atomic E-state index is 0.294. The Hall–Kier alpha value is -2.86. The number of aryl methyl sites for hydroxylation is 2. The van der Waals surface area contributed by atoms with Gasteiger partial charge in [-0.1, -0.05) is 18.2 Å². The van der Waals surface area contributed by atoms with Gasteiger partial charge in [-0.2, -0.15) is 0 Å². The molecule has 0 unspecified atom stereocenters. The number of rotatable bonds is 6. The number of hydrogen-bond acceptors (Lipinski definition) is 4. The Balaban J connectivity index is 1.48. The number of benzene rings is 2. The molecule has 138 valence electrons. The van der Waals surface area contributed by atoms with Crippen molar-refractivity contribution >= 4 is 15.7 Å². The Morgan fingerprint density at radius 3 is 2.70 bits per heavy atom. The molecule has 0 bridgehead atoms. The second-order valence-corrected chi connectivity index (χ2v) is 8.21. The molecule has 0 radical (unpaired) electrons. The third-order valence-electron chi connectivity index (χ3n) is 4.58. The second-order valence-electron chi connectivity index (χ2n) is 6.53. The zero-order valence-electron chi connectivity index (χ0n) is 14.8. The summed E-state index contributed by atoms with van der Waals surface area (Å²) in [5.41, 5.74) is 3.65. The number of aromatic nitrogens is 1. The number of nitrogens with zero attached hydrogens (tertiary/aromatic N) is 1. The molecule has 0 fully saturated rings. The van der Waals surface area contributed by atoms with Gasteiger partial charge in [0.25, 0.3) is 10.0 Å². The largest absolute Gasteiger partial charge is 0.487 e. The van der Waals surface area contributed by atoms with Crippen molar-refractivity contribution in [1.82, 2.24) is 4.98 Å². The SMILES string of the molecule is O=S(=O)(Nc1cccc(OCc2ccccn2)c1)c1ccc2c(c1)CCC2. The lowest BCUT2D eigenvalue weighted by molar-refractivity contribution is 0.301. The molecule has 6 heteroatoms. The maximum atomic E-state index is 12.7. The Morgan fingerprint density at radius 1 is 0.963 bits per heavy atom. The van der Waals surface area contributed by atoms with E-state index in [0.717, 1.165) is 30.5 Å². The molecule has 0 saturated heterocycles. The van der Waals surface area contributed by atoms with Crippen LogP contribution in [-0.2, 0) is 29.5 Å².